The molecule has 0 radical (unpaired) electrons. The molecular weight excluding hydrogens is 331 g/mol. The number of aromatic hydroxyl groups is 1. The van der Waals surface area contributed by atoms with E-state index in [0.29, 0.717) is 4.47 Å². The molecule has 0 aliphatic rings. The summed E-state index contributed by atoms with van der Waals surface area (Å²) in [7, 11) is 0. The molecule has 102 valence electrons. The lowest BCUT2D eigenvalue weighted by Gasteiger charge is -2.02. The standard InChI is InChI=1S/C13H8BrFN2O3/c14-9-5-8(13(18)12(6-9)17(19)20)7-16-11-4-2-1-3-10(11)15/h1-7,18H. The van der Waals surface area contributed by atoms with Gasteiger partial charge in [0.05, 0.1) is 10.6 Å². The van der Waals surface area contributed by atoms with E-state index in [1.54, 1.807) is 6.07 Å². The molecule has 0 unspecified atom stereocenters. The highest BCUT2D eigenvalue weighted by atomic mass is 79.9. The van der Waals surface area contributed by atoms with Gasteiger partial charge in [-0.3, -0.25) is 15.1 Å². The molecule has 0 fully saturated rings. The van der Waals surface area contributed by atoms with Crippen molar-refractivity contribution in [2.75, 3.05) is 0 Å². The summed E-state index contributed by atoms with van der Waals surface area (Å²) >= 11 is 3.10. The number of nitrogens with zero attached hydrogens (tertiary/aromatic N) is 2. The number of rotatable bonds is 3. The second-order valence-electron chi connectivity index (χ2n) is 3.83. The summed E-state index contributed by atoms with van der Waals surface area (Å²) in [5.41, 5.74) is -0.252. The number of para-hydroxylation sites is 1. The van der Waals surface area contributed by atoms with Gasteiger partial charge >= 0.3 is 5.69 Å². The van der Waals surface area contributed by atoms with Crippen LogP contribution in [0.15, 0.2) is 45.9 Å². The molecule has 7 heteroatoms. The molecule has 0 saturated carbocycles. The summed E-state index contributed by atoms with van der Waals surface area (Å²) in [6.07, 6.45) is 1.17. The first-order valence-electron chi connectivity index (χ1n) is 5.44. The molecule has 20 heavy (non-hydrogen) atoms. The Bertz CT molecular complexity index is 704. The van der Waals surface area contributed by atoms with Gasteiger partial charge in [-0.1, -0.05) is 28.1 Å². The van der Waals surface area contributed by atoms with Crippen LogP contribution in [0, 0.1) is 15.9 Å². The van der Waals surface area contributed by atoms with Crippen LogP contribution in [0.3, 0.4) is 0 Å². The van der Waals surface area contributed by atoms with Gasteiger partial charge in [-0.15, -0.1) is 0 Å². The third kappa shape index (κ3) is 3.00. The Hall–Kier alpha value is -2.28. The predicted octanol–water partition coefficient (Wildman–Crippen LogP) is 3.95. The van der Waals surface area contributed by atoms with Gasteiger partial charge < -0.3 is 5.11 Å². The van der Waals surface area contributed by atoms with Crippen LogP contribution in [-0.4, -0.2) is 16.2 Å². The molecule has 0 aliphatic heterocycles. The molecule has 5 nitrogen and oxygen atoms in total. The molecule has 2 aromatic rings. The van der Waals surface area contributed by atoms with Crippen LogP contribution >= 0.6 is 15.9 Å². The average molecular weight is 339 g/mol. The fourth-order valence-electron chi connectivity index (χ4n) is 1.54. The van der Waals surface area contributed by atoms with Crippen molar-refractivity contribution < 1.29 is 14.4 Å². The smallest absolute Gasteiger partial charge is 0.312 e. The monoisotopic (exact) mass is 338 g/mol. The highest BCUT2D eigenvalue weighted by Gasteiger charge is 2.17. The van der Waals surface area contributed by atoms with Gasteiger partial charge in [0.2, 0.25) is 5.75 Å². The van der Waals surface area contributed by atoms with Gasteiger partial charge in [0.15, 0.2) is 0 Å². The maximum atomic E-state index is 13.4. The zero-order chi connectivity index (χ0) is 14.7. The maximum Gasteiger partial charge on any atom is 0.312 e. The van der Waals surface area contributed by atoms with E-state index in [-0.39, 0.29) is 11.3 Å². The molecule has 1 N–H and O–H groups in total. The van der Waals surface area contributed by atoms with Crippen LogP contribution in [0.1, 0.15) is 5.56 Å². The Balaban J connectivity index is 2.44. The van der Waals surface area contributed by atoms with Crippen LogP contribution in [-0.2, 0) is 0 Å². The van der Waals surface area contributed by atoms with E-state index in [1.165, 1.54) is 36.5 Å². The van der Waals surface area contributed by atoms with Gasteiger partial charge in [0, 0.05) is 22.3 Å². The number of phenolic OH excluding ortho intramolecular Hbond substituents is 1. The zero-order valence-corrected chi connectivity index (χ0v) is 11.5. The van der Waals surface area contributed by atoms with E-state index < -0.39 is 22.2 Å². The summed E-state index contributed by atoms with van der Waals surface area (Å²) < 4.78 is 13.8. The first-order chi connectivity index (χ1) is 9.49. The first-order valence-corrected chi connectivity index (χ1v) is 6.24. The van der Waals surface area contributed by atoms with E-state index >= 15 is 0 Å². The molecular formula is C13H8BrFN2O3. The normalized spacial score (nSPS) is 10.9. The van der Waals surface area contributed by atoms with Gasteiger partial charge in [0.25, 0.3) is 0 Å². The highest BCUT2D eigenvalue weighted by Crippen LogP contribution is 2.32. The molecule has 2 rings (SSSR count). The molecule has 0 saturated heterocycles. The van der Waals surface area contributed by atoms with Crippen LogP contribution in [0.4, 0.5) is 15.8 Å². The van der Waals surface area contributed by atoms with Crippen molar-refractivity contribution in [2.45, 2.75) is 0 Å². The van der Waals surface area contributed by atoms with Crippen LogP contribution in [0.5, 0.6) is 5.75 Å². The van der Waals surface area contributed by atoms with E-state index in [0.717, 1.165) is 0 Å². The Labute approximate surface area is 121 Å². The van der Waals surface area contributed by atoms with Crippen LogP contribution < -0.4 is 0 Å². The number of phenols is 1. The fraction of sp³-hybridized carbons (Fsp3) is 0. The molecule has 0 atom stereocenters. The molecule has 0 bridgehead atoms. The minimum absolute atomic E-state index is 0.0783. The summed E-state index contributed by atoms with van der Waals surface area (Å²) in [6, 6.07) is 8.46. The van der Waals surface area contributed by atoms with Gasteiger partial charge in [-0.05, 0) is 18.2 Å². The third-order valence-electron chi connectivity index (χ3n) is 2.48. The van der Waals surface area contributed by atoms with E-state index in [9.17, 15) is 19.6 Å². The van der Waals surface area contributed by atoms with Crippen LogP contribution in [0.2, 0.25) is 0 Å². The number of halogens is 2. The average Bonchev–Trinajstić information content (AvgIpc) is 2.40. The molecule has 0 aromatic heterocycles. The number of aliphatic imine (C=N–C) groups is 1. The second kappa shape index (κ2) is 5.79. The minimum atomic E-state index is -0.708. The molecule has 0 amide bonds. The Kier molecular flexibility index (Phi) is 4.09. The summed E-state index contributed by atoms with van der Waals surface area (Å²) in [6.45, 7) is 0. The van der Waals surface area contributed by atoms with Gasteiger partial charge in [-0.25, -0.2) is 4.39 Å². The van der Waals surface area contributed by atoms with Crippen molar-refractivity contribution in [3.63, 3.8) is 0 Å². The van der Waals surface area contributed by atoms with Crippen molar-refractivity contribution in [2.24, 2.45) is 4.99 Å². The number of nitro groups is 1. The second-order valence-corrected chi connectivity index (χ2v) is 4.75. The maximum absolute atomic E-state index is 13.4. The summed E-state index contributed by atoms with van der Waals surface area (Å²) in [5.74, 6) is -1.04. The van der Waals surface area contributed by atoms with Gasteiger partial charge in [0.1, 0.15) is 5.82 Å². The summed E-state index contributed by atoms with van der Waals surface area (Å²) in [5, 5.41) is 20.6. The SMILES string of the molecule is O=[N+]([O-])c1cc(Br)cc(C=Nc2ccccc2F)c1O. The number of hydrogen-bond acceptors (Lipinski definition) is 4. The molecule has 0 aliphatic carbocycles. The van der Waals surface area contributed by atoms with Crippen molar-refractivity contribution >= 4 is 33.5 Å². The van der Waals surface area contributed by atoms with Crippen molar-refractivity contribution in [1.29, 1.82) is 0 Å². The van der Waals surface area contributed by atoms with E-state index in [1.807, 2.05) is 0 Å². The van der Waals surface area contributed by atoms with E-state index in [2.05, 4.69) is 20.9 Å². The van der Waals surface area contributed by atoms with E-state index in [4.69, 9.17) is 0 Å². The molecule has 0 heterocycles. The number of benzene rings is 2. The van der Waals surface area contributed by atoms with Crippen molar-refractivity contribution in [3.8, 4) is 5.75 Å². The Morgan fingerprint density at radius 1 is 1.35 bits per heavy atom. The highest BCUT2D eigenvalue weighted by molar-refractivity contribution is 9.10. The first kappa shape index (κ1) is 14.1. The van der Waals surface area contributed by atoms with Crippen molar-refractivity contribution in [3.05, 3.63) is 62.4 Å². The largest absolute Gasteiger partial charge is 0.502 e. The predicted molar refractivity (Wildman–Crippen MR) is 76.1 cm³/mol. The fourth-order valence-corrected chi connectivity index (χ4v) is 2.00. The quantitative estimate of drug-likeness (QED) is 0.523. The zero-order valence-electron chi connectivity index (χ0n) is 9.96. The van der Waals surface area contributed by atoms with Crippen LogP contribution in [0.25, 0.3) is 0 Å². The number of hydrogen-bond donors (Lipinski definition) is 1. The lowest BCUT2D eigenvalue weighted by Crippen LogP contribution is -1.92. The Morgan fingerprint density at radius 3 is 2.70 bits per heavy atom. The third-order valence-corrected chi connectivity index (χ3v) is 2.93. The lowest BCUT2D eigenvalue weighted by molar-refractivity contribution is -0.385. The lowest BCUT2D eigenvalue weighted by atomic mass is 10.2. The topological polar surface area (TPSA) is 75.7 Å². The Morgan fingerprint density at radius 2 is 2.05 bits per heavy atom. The summed E-state index contributed by atoms with van der Waals surface area (Å²) in [4.78, 5) is 13.9. The molecule has 2 aromatic carbocycles. The van der Waals surface area contributed by atoms with Gasteiger partial charge in [-0.2, -0.15) is 0 Å². The van der Waals surface area contributed by atoms with Crippen molar-refractivity contribution in [1.82, 2.24) is 0 Å². The minimum Gasteiger partial charge on any atom is -0.502 e. The number of nitro benzene ring substituents is 1. The molecule has 0 spiro atoms.